The van der Waals surface area contributed by atoms with E-state index in [1.54, 1.807) is 6.07 Å². The van der Waals surface area contributed by atoms with Gasteiger partial charge in [0.15, 0.2) is 0 Å². The average Bonchev–Trinajstić information content (AvgIpc) is 3.00. The fourth-order valence-corrected chi connectivity index (χ4v) is 3.85. The molecule has 3 nitrogen and oxygen atoms in total. The van der Waals surface area contributed by atoms with Gasteiger partial charge in [0.05, 0.1) is 10.4 Å². The van der Waals surface area contributed by atoms with Gasteiger partial charge in [0.25, 0.3) is 5.56 Å². The lowest BCUT2D eigenvalue weighted by Gasteiger charge is -2.04. The average molecular weight is 353 g/mol. The number of H-pyrrole nitrogens is 1. The van der Waals surface area contributed by atoms with Gasteiger partial charge in [0.2, 0.25) is 0 Å². The smallest absolute Gasteiger partial charge is 0.260 e. The van der Waals surface area contributed by atoms with Crippen LogP contribution in [0.5, 0.6) is 0 Å². The van der Waals surface area contributed by atoms with Crippen LogP contribution in [0, 0.1) is 6.92 Å². The molecule has 2 heterocycles. The first kappa shape index (κ1) is 15.1. The lowest BCUT2D eigenvalue weighted by molar-refractivity contribution is 1.19. The number of rotatable bonds is 2. The standard InChI is InChI=1S/C19H13ClN2OS/c1-11-6-8-12(9-7-11)14-10-24-19-16(14)18(23)21-17(22-19)13-4-2-3-5-15(13)20/h2-10H,1H3,(H,21,22,23). The van der Waals surface area contributed by atoms with Crippen molar-refractivity contribution in [2.45, 2.75) is 6.92 Å². The molecule has 0 aliphatic carbocycles. The van der Waals surface area contributed by atoms with Crippen molar-refractivity contribution in [1.82, 2.24) is 9.97 Å². The van der Waals surface area contributed by atoms with Crippen molar-refractivity contribution in [3.63, 3.8) is 0 Å². The Morgan fingerprint density at radius 3 is 2.54 bits per heavy atom. The quantitative estimate of drug-likeness (QED) is 0.533. The molecule has 0 fully saturated rings. The van der Waals surface area contributed by atoms with Crippen LogP contribution >= 0.6 is 22.9 Å². The molecule has 4 aromatic rings. The Labute approximate surface area is 147 Å². The Bertz CT molecular complexity index is 1100. The molecule has 0 unspecified atom stereocenters. The number of aromatic nitrogens is 2. The summed E-state index contributed by atoms with van der Waals surface area (Å²) in [6, 6.07) is 15.5. The van der Waals surface area contributed by atoms with E-state index in [-0.39, 0.29) is 5.56 Å². The SMILES string of the molecule is Cc1ccc(-c2csc3nc(-c4ccccc4Cl)[nH]c(=O)c23)cc1. The fraction of sp³-hybridized carbons (Fsp3) is 0.0526. The number of hydrogen-bond acceptors (Lipinski definition) is 3. The molecule has 0 aliphatic heterocycles. The molecule has 2 aromatic heterocycles. The van der Waals surface area contributed by atoms with Crippen molar-refractivity contribution in [2.75, 3.05) is 0 Å². The molecule has 118 valence electrons. The number of fused-ring (bicyclic) bond motifs is 1. The van der Waals surface area contributed by atoms with E-state index in [1.807, 2.05) is 54.8 Å². The molecule has 0 aliphatic rings. The largest absolute Gasteiger partial charge is 0.306 e. The normalized spacial score (nSPS) is 11.1. The highest BCUT2D eigenvalue weighted by molar-refractivity contribution is 7.17. The van der Waals surface area contributed by atoms with Crippen LogP contribution in [0.15, 0.2) is 58.7 Å². The van der Waals surface area contributed by atoms with Gasteiger partial charge in [-0.25, -0.2) is 4.98 Å². The molecule has 0 atom stereocenters. The zero-order chi connectivity index (χ0) is 16.7. The monoisotopic (exact) mass is 352 g/mol. The van der Waals surface area contributed by atoms with Gasteiger partial charge in [-0.15, -0.1) is 11.3 Å². The Morgan fingerprint density at radius 2 is 1.79 bits per heavy atom. The Kier molecular flexibility index (Phi) is 3.71. The maximum atomic E-state index is 12.7. The van der Waals surface area contributed by atoms with Crippen LogP contribution < -0.4 is 5.56 Å². The fourth-order valence-electron chi connectivity index (χ4n) is 2.68. The van der Waals surface area contributed by atoms with Crippen molar-refractivity contribution in [1.29, 1.82) is 0 Å². The van der Waals surface area contributed by atoms with Crippen molar-refractivity contribution in [3.8, 4) is 22.5 Å². The second-order valence-electron chi connectivity index (χ2n) is 5.59. The molecule has 0 bridgehead atoms. The summed E-state index contributed by atoms with van der Waals surface area (Å²) in [6.07, 6.45) is 0. The number of halogens is 1. The van der Waals surface area contributed by atoms with E-state index in [0.29, 0.717) is 21.1 Å². The number of benzene rings is 2. The number of thiophene rings is 1. The second kappa shape index (κ2) is 5.89. The predicted molar refractivity (Wildman–Crippen MR) is 101 cm³/mol. The number of nitrogens with zero attached hydrogens (tertiary/aromatic N) is 1. The maximum absolute atomic E-state index is 12.7. The third-order valence-electron chi connectivity index (χ3n) is 3.94. The first-order valence-corrected chi connectivity index (χ1v) is 8.73. The van der Waals surface area contributed by atoms with E-state index in [2.05, 4.69) is 9.97 Å². The highest BCUT2D eigenvalue weighted by Crippen LogP contribution is 2.32. The van der Waals surface area contributed by atoms with Gasteiger partial charge in [-0.3, -0.25) is 4.79 Å². The number of nitrogens with one attached hydrogen (secondary N) is 1. The van der Waals surface area contributed by atoms with Gasteiger partial charge >= 0.3 is 0 Å². The topological polar surface area (TPSA) is 45.8 Å². The minimum absolute atomic E-state index is 0.147. The summed E-state index contributed by atoms with van der Waals surface area (Å²) in [7, 11) is 0. The number of hydrogen-bond donors (Lipinski definition) is 1. The molecule has 0 saturated heterocycles. The summed E-state index contributed by atoms with van der Waals surface area (Å²) < 4.78 is 0. The third kappa shape index (κ3) is 2.54. The van der Waals surface area contributed by atoms with Crippen molar-refractivity contribution >= 4 is 33.2 Å². The number of aryl methyl sites for hydroxylation is 1. The van der Waals surface area contributed by atoms with Crippen molar-refractivity contribution in [2.24, 2.45) is 0 Å². The molecule has 0 radical (unpaired) electrons. The molecular formula is C19H13ClN2OS. The molecule has 0 saturated carbocycles. The minimum atomic E-state index is -0.147. The molecule has 0 amide bonds. The Balaban J connectivity index is 1.92. The van der Waals surface area contributed by atoms with Gasteiger partial charge in [0, 0.05) is 16.5 Å². The van der Waals surface area contributed by atoms with E-state index >= 15 is 0 Å². The molecule has 5 heteroatoms. The highest BCUT2D eigenvalue weighted by atomic mass is 35.5. The summed E-state index contributed by atoms with van der Waals surface area (Å²) in [5, 5.41) is 3.17. The molecule has 24 heavy (non-hydrogen) atoms. The lowest BCUT2D eigenvalue weighted by Crippen LogP contribution is -2.09. The maximum Gasteiger partial charge on any atom is 0.260 e. The Morgan fingerprint density at radius 1 is 1.04 bits per heavy atom. The first-order chi connectivity index (χ1) is 11.6. The first-order valence-electron chi connectivity index (χ1n) is 7.47. The van der Waals surface area contributed by atoms with Crippen LogP contribution in [-0.4, -0.2) is 9.97 Å². The van der Waals surface area contributed by atoms with Crippen LogP contribution in [0.3, 0.4) is 0 Å². The molecule has 4 rings (SSSR count). The van der Waals surface area contributed by atoms with Crippen LogP contribution in [-0.2, 0) is 0 Å². The zero-order valence-electron chi connectivity index (χ0n) is 12.8. The van der Waals surface area contributed by atoms with Gasteiger partial charge in [-0.2, -0.15) is 0 Å². The van der Waals surface area contributed by atoms with E-state index in [4.69, 9.17) is 11.6 Å². The summed E-state index contributed by atoms with van der Waals surface area (Å²) in [5.74, 6) is 0.496. The van der Waals surface area contributed by atoms with Crippen LogP contribution in [0.4, 0.5) is 0 Å². The molecule has 0 spiro atoms. The van der Waals surface area contributed by atoms with E-state index in [0.717, 1.165) is 16.7 Å². The zero-order valence-corrected chi connectivity index (χ0v) is 14.4. The lowest BCUT2D eigenvalue weighted by atomic mass is 10.1. The second-order valence-corrected chi connectivity index (χ2v) is 6.86. The highest BCUT2D eigenvalue weighted by Gasteiger charge is 2.14. The summed E-state index contributed by atoms with van der Waals surface area (Å²) in [4.78, 5) is 20.9. The van der Waals surface area contributed by atoms with Gasteiger partial charge in [0.1, 0.15) is 10.7 Å². The van der Waals surface area contributed by atoms with E-state index < -0.39 is 0 Å². The van der Waals surface area contributed by atoms with Crippen molar-refractivity contribution in [3.05, 3.63) is 74.9 Å². The van der Waals surface area contributed by atoms with Crippen molar-refractivity contribution < 1.29 is 0 Å². The van der Waals surface area contributed by atoms with Gasteiger partial charge in [-0.1, -0.05) is 53.6 Å². The third-order valence-corrected chi connectivity index (χ3v) is 5.14. The van der Waals surface area contributed by atoms with Gasteiger partial charge in [-0.05, 0) is 24.6 Å². The van der Waals surface area contributed by atoms with Crippen LogP contribution in [0.1, 0.15) is 5.56 Å². The van der Waals surface area contributed by atoms with E-state index in [1.165, 1.54) is 16.9 Å². The molecular weight excluding hydrogens is 340 g/mol. The van der Waals surface area contributed by atoms with Crippen LogP contribution in [0.2, 0.25) is 5.02 Å². The minimum Gasteiger partial charge on any atom is -0.306 e. The predicted octanol–water partition coefficient (Wildman–Crippen LogP) is 5.28. The molecule has 2 aromatic carbocycles. The molecule has 1 N–H and O–H groups in total. The Hall–Kier alpha value is -2.43. The summed E-state index contributed by atoms with van der Waals surface area (Å²) in [6.45, 7) is 2.04. The summed E-state index contributed by atoms with van der Waals surface area (Å²) in [5.41, 5.74) is 3.70. The van der Waals surface area contributed by atoms with E-state index in [9.17, 15) is 4.79 Å². The summed E-state index contributed by atoms with van der Waals surface area (Å²) >= 11 is 7.69. The van der Waals surface area contributed by atoms with Gasteiger partial charge < -0.3 is 4.98 Å². The number of aromatic amines is 1. The van der Waals surface area contributed by atoms with Crippen LogP contribution in [0.25, 0.3) is 32.7 Å².